The third-order valence-electron chi connectivity index (χ3n) is 9.60. The molecule has 1 amide bonds. The van der Waals surface area contributed by atoms with Gasteiger partial charge in [-0.15, -0.1) is 0 Å². The first-order valence-electron chi connectivity index (χ1n) is 18.4. The Hall–Kier alpha value is -4.19. The Labute approximate surface area is 287 Å². The van der Waals surface area contributed by atoms with Crippen molar-refractivity contribution in [1.82, 2.24) is 0 Å². The number of amides is 1. The molecule has 5 rings (SSSR count). The summed E-state index contributed by atoms with van der Waals surface area (Å²) in [5, 5.41) is 15.2. The molecule has 0 aliphatic carbocycles. The first kappa shape index (κ1) is 35.1. The van der Waals surface area contributed by atoms with E-state index in [1.165, 1.54) is 110 Å². The van der Waals surface area contributed by atoms with Crippen LogP contribution < -0.4 is 9.91 Å². The summed E-state index contributed by atoms with van der Waals surface area (Å²) >= 11 is 0. The van der Waals surface area contributed by atoms with Gasteiger partial charge in [-0.2, -0.15) is 10.1 Å². The Bertz CT molecular complexity index is 1560. The number of hydrogen-bond donors (Lipinski definition) is 1. The van der Waals surface area contributed by atoms with E-state index in [0.29, 0.717) is 5.69 Å². The molecule has 6 heteroatoms. The normalized spacial score (nSPS) is 15.2. The number of aliphatic carboxylic acids is 1. The fraction of sp³-hybridized carbons (Fsp3) is 0.452. The summed E-state index contributed by atoms with van der Waals surface area (Å²) in [5.74, 6) is -1.65. The molecule has 6 nitrogen and oxygen atoms in total. The van der Waals surface area contributed by atoms with Gasteiger partial charge in [-0.25, -0.2) is 4.79 Å². The van der Waals surface area contributed by atoms with Crippen molar-refractivity contribution in [2.24, 2.45) is 5.10 Å². The van der Waals surface area contributed by atoms with Crippen molar-refractivity contribution >= 4 is 40.7 Å². The second kappa shape index (κ2) is 17.8. The van der Waals surface area contributed by atoms with Crippen LogP contribution in [0.5, 0.6) is 0 Å². The van der Waals surface area contributed by atoms with Gasteiger partial charge in [0.05, 0.1) is 11.3 Å². The van der Waals surface area contributed by atoms with Crippen molar-refractivity contribution in [2.45, 2.75) is 117 Å². The number of para-hydroxylation sites is 1. The molecule has 0 unspecified atom stereocenters. The van der Waals surface area contributed by atoms with E-state index in [4.69, 9.17) is 0 Å². The highest BCUT2D eigenvalue weighted by Crippen LogP contribution is 2.36. The van der Waals surface area contributed by atoms with Crippen molar-refractivity contribution in [1.29, 1.82) is 0 Å². The molecule has 0 aromatic heterocycles. The van der Waals surface area contributed by atoms with Crippen LogP contribution in [0.3, 0.4) is 0 Å². The van der Waals surface area contributed by atoms with Crippen LogP contribution in [0.1, 0.15) is 120 Å². The van der Waals surface area contributed by atoms with E-state index in [1.54, 1.807) is 30.3 Å². The zero-order chi connectivity index (χ0) is 33.7. The van der Waals surface area contributed by atoms with Crippen molar-refractivity contribution in [3.63, 3.8) is 0 Å². The van der Waals surface area contributed by atoms with E-state index in [9.17, 15) is 14.7 Å². The van der Waals surface area contributed by atoms with Crippen molar-refractivity contribution < 1.29 is 14.7 Å². The van der Waals surface area contributed by atoms with Crippen LogP contribution in [0.4, 0.5) is 17.1 Å². The van der Waals surface area contributed by atoms with Gasteiger partial charge in [-0.05, 0) is 103 Å². The Balaban J connectivity index is 1.36. The molecule has 0 fully saturated rings. The summed E-state index contributed by atoms with van der Waals surface area (Å²) in [6.07, 6.45) is 21.5. The smallest absolute Gasteiger partial charge is 0.357 e. The van der Waals surface area contributed by atoms with Crippen molar-refractivity contribution in [3.05, 3.63) is 94.6 Å². The minimum absolute atomic E-state index is 0.0979. The zero-order valence-corrected chi connectivity index (χ0v) is 29.1. The van der Waals surface area contributed by atoms with E-state index in [0.717, 1.165) is 37.8 Å². The number of unbranched alkanes of at least 4 members (excludes halogenated alkanes) is 10. The number of fused-ring (bicyclic) bond motifs is 1. The lowest BCUT2D eigenvalue weighted by molar-refractivity contribution is -0.129. The Morgan fingerprint density at radius 2 is 1.40 bits per heavy atom. The number of aryl methyl sites for hydroxylation is 3. The summed E-state index contributed by atoms with van der Waals surface area (Å²) < 4.78 is 0. The van der Waals surface area contributed by atoms with Crippen LogP contribution in [0.25, 0.3) is 6.08 Å². The minimum Gasteiger partial charge on any atom is -0.476 e. The molecule has 0 bridgehead atoms. The Morgan fingerprint density at radius 1 is 0.771 bits per heavy atom. The van der Waals surface area contributed by atoms with E-state index in [2.05, 4.69) is 54.2 Å². The Kier molecular flexibility index (Phi) is 13.0. The molecule has 0 atom stereocenters. The number of nitrogens with zero attached hydrogens (tertiary/aromatic N) is 3. The second-order valence-electron chi connectivity index (χ2n) is 13.5. The molecule has 3 aromatic carbocycles. The fourth-order valence-corrected chi connectivity index (χ4v) is 7.00. The Morgan fingerprint density at radius 3 is 2.02 bits per heavy atom. The molecule has 2 aliphatic rings. The van der Waals surface area contributed by atoms with Gasteiger partial charge in [0.1, 0.15) is 0 Å². The van der Waals surface area contributed by atoms with Crippen LogP contribution in [-0.2, 0) is 28.9 Å². The average molecular weight is 648 g/mol. The van der Waals surface area contributed by atoms with Gasteiger partial charge in [0.25, 0.3) is 5.91 Å². The van der Waals surface area contributed by atoms with Gasteiger partial charge in [0.15, 0.2) is 5.71 Å². The maximum Gasteiger partial charge on any atom is 0.357 e. The highest BCUT2D eigenvalue weighted by molar-refractivity contribution is 6.53. The molecular weight excluding hydrogens is 594 g/mol. The molecule has 1 N–H and O–H groups in total. The van der Waals surface area contributed by atoms with Gasteiger partial charge < -0.3 is 10.0 Å². The fourth-order valence-electron chi connectivity index (χ4n) is 7.00. The highest BCUT2D eigenvalue weighted by Gasteiger charge is 2.35. The number of carbonyl (C=O) groups excluding carboxylic acids is 1. The summed E-state index contributed by atoms with van der Waals surface area (Å²) in [6, 6.07) is 22.5. The van der Waals surface area contributed by atoms with Crippen molar-refractivity contribution in [3.8, 4) is 0 Å². The number of anilines is 3. The monoisotopic (exact) mass is 647 g/mol. The predicted molar refractivity (Wildman–Crippen MR) is 199 cm³/mol. The van der Waals surface area contributed by atoms with Gasteiger partial charge in [-0.3, -0.25) is 4.79 Å². The van der Waals surface area contributed by atoms with E-state index >= 15 is 0 Å². The number of hydrogen-bond acceptors (Lipinski definition) is 4. The molecule has 48 heavy (non-hydrogen) atoms. The maximum absolute atomic E-state index is 13.4. The molecule has 2 aliphatic heterocycles. The van der Waals surface area contributed by atoms with E-state index < -0.39 is 11.9 Å². The molecule has 0 radical (unpaired) electrons. The standard InChI is InChI=1S/C42H53N3O3/c1-3-5-7-9-11-14-19-32-27-33(20-15-12-10-8-6-4-2)30-37(29-32)44-26-18-21-35-28-34(24-25-39(35)44)31-38-40(42(47)48)43-45(41(38)46)36-22-16-13-17-23-36/h13,16-17,22-25,27-31H,3-12,14-15,18-21,26H2,1-2H3,(H,47,48). The molecule has 0 saturated carbocycles. The SMILES string of the molecule is CCCCCCCCc1cc(CCCCCCCC)cc(N2CCCc3cc(C=C4C(=O)N(c5ccccc5)N=C4C(=O)O)ccc32)c1. The van der Waals surface area contributed by atoms with Crippen LogP contribution in [0.15, 0.2) is 77.4 Å². The lowest BCUT2D eigenvalue weighted by Gasteiger charge is -2.32. The first-order valence-corrected chi connectivity index (χ1v) is 18.4. The van der Waals surface area contributed by atoms with Gasteiger partial charge >= 0.3 is 5.97 Å². The van der Waals surface area contributed by atoms with E-state index in [-0.39, 0.29) is 11.3 Å². The molecule has 3 aromatic rings. The number of benzene rings is 3. The predicted octanol–water partition coefficient (Wildman–Crippen LogP) is 10.4. The summed E-state index contributed by atoms with van der Waals surface area (Å²) in [4.78, 5) is 27.9. The van der Waals surface area contributed by atoms with Crippen LogP contribution >= 0.6 is 0 Å². The second-order valence-corrected chi connectivity index (χ2v) is 13.5. The van der Waals surface area contributed by atoms with Gasteiger partial charge in [-0.1, -0.05) is 108 Å². The number of rotatable bonds is 18. The molecule has 254 valence electrons. The molecule has 0 saturated heterocycles. The van der Waals surface area contributed by atoms with Gasteiger partial charge in [0.2, 0.25) is 0 Å². The topological polar surface area (TPSA) is 73.2 Å². The average Bonchev–Trinajstić information content (AvgIpc) is 3.43. The molecule has 0 spiro atoms. The van der Waals surface area contributed by atoms with E-state index in [1.807, 2.05) is 12.1 Å². The van der Waals surface area contributed by atoms with Crippen molar-refractivity contribution in [2.75, 3.05) is 16.5 Å². The molecular formula is C42H53N3O3. The number of carboxylic acid groups (broad SMARTS) is 1. The minimum atomic E-state index is -1.21. The zero-order valence-electron chi connectivity index (χ0n) is 29.1. The number of hydrazone groups is 1. The summed E-state index contributed by atoms with van der Waals surface area (Å²) in [7, 11) is 0. The van der Waals surface area contributed by atoms with Gasteiger partial charge in [0, 0.05) is 17.9 Å². The van der Waals surface area contributed by atoms with Crippen LogP contribution in [-0.4, -0.2) is 29.2 Å². The third-order valence-corrected chi connectivity index (χ3v) is 9.60. The highest BCUT2D eigenvalue weighted by atomic mass is 16.4. The summed E-state index contributed by atoms with van der Waals surface area (Å²) in [5.41, 5.74) is 7.79. The summed E-state index contributed by atoms with van der Waals surface area (Å²) in [6.45, 7) is 5.51. The van der Waals surface area contributed by atoms with Crippen LogP contribution in [0.2, 0.25) is 0 Å². The lowest BCUT2D eigenvalue weighted by atomic mass is 9.95. The maximum atomic E-state index is 13.4. The largest absolute Gasteiger partial charge is 0.476 e. The number of carboxylic acids is 1. The van der Waals surface area contributed by atoms with Crippen LogP contribution in [0, 0.1) is 0 Å². The third kappa shape index (κ3) is 9.24. The quantitative estimate of drug-likeness (QED) is 0.110. The molecule has 2 heterocycles. The first-order chi connectivity index (χ1) is 23.5. The lowest BCUT2D eigenvalue weighted by Crippen LogP contribution is -2.25. The number of carbonyl (C=O) groups is 2.